The van der Waals surface area contributed by atoms with E-state index in [0.29, 0.717) is 0 Å². The molecule has 1 aromatic rings. The molecule has 0 radical (unpaired) electrons. The van der Waals surface area contributed by atoms with Gasteiger partial charge < -0.3 is 10.6 Å². The molecule has 0 aromatic heterocycles. The molecule has 21 heavy (non-hydrogen) atoms. The third-order valence-electron chi connectivity index (χ3n) is 4.11. The predicted molar refractivity (Wildman–Crippen MR) is 86.3 cm³/mol. The van der Waals surface area contributed by atoms with Crippen LogP contribution in [0.4, 0.5) is 0 Å². The molecule has 0 spiro atoms. The van der Waals surface area contributed by atoms with Gasteiger partial charge in [0.15, 0.2) is 0 Å². The van der Waals surface area contributed by atoms with Crippen molar-refractivity contribution in [3.05, 3.63) is 35.4 Å². The van der Waals surface area contributed by atoms with E-state index in [4.69, 9.17) is 0 Å². The molecule has 2 rings (SSSR count). The summed E-state index contributed by atoms with van der Waals surface area (Å²) in [5, 5.41) is 6.05. The Morgan fingerprint density at radius 2 is 2.00 bits per heavy atom. The van der Waals surface area contributed by atoms with Crippen molar-refractivity contribution in [2.24, 2.45) is 0 Å². The molecule has 1 saturated heterocycles. The average Bonchev–Trinajstić information content (AvgIpc) is 2.46. The zero-order chi connectivity index (χ0) is 15.5. The largest absolute Gasteiger partial charge is 0.358 e. The summed E-state index contributed by atoms with van der Waals surface area (Å²) in [6.07, 6.45) is 0. The molecule has 4 nitrogen and oxygen atoms in total. The molecule has 1 heterocycles. The van der Waals surface area contributed by atoms with Crippen LogP contribution in [0.1, 0.15) is 31.9 Å². The normalized spacial score (nSPS) is 20.3. The van der Waals surface area contributed by atoms with Crippen LogP contribution in [0.25, 0.3) is 0 Å². The number of nitrogens with zero attached hydrogens (tertiary/aromatic N) is 1. The summed E-state index contributed by atoms with van der Waals surface area (Å²) < 4.78 is 0. The van der Waals surface area contributed by atoms with E-state index in [1.807, 2.05) is 0 Å². The second-order valence-corrected chi connectivity index (χ2v) is 6.75. The van der Waals surface area contributed by atoms with Crippen molar-refractivity contribution in [1.82, 2.24) is 15.5 Å². The lowest BCUT2D eigenvalue weighted by atomic mass is 9.86. The van der Waals surface area contributed by atoms with Crippen LogP contribution in [-0.2, 0) is 16.8 Å². The third kappa shape index (κ3) is 4.05. The van der Waals surface area contributed by atoms with Crippen molar-refractivity contribution in [2.45, 2.75) is 38.8 Å². The Morgan fingerprint density at radius 1 is 1.33 bits per heavy atom. The highest BCUT2D eigenvalue weighted by atomic mass is 16.2. The highest BCUT2D eigenvalue weighted by molar-refractivity contribution is 5.81. The van der Waals surface area contributed by atoms with Gasteiger partial charge in [-0.05, 0) is 16.5 Å². The minimum Gasteiger partial charge on any atom is -0.358 e. The maximum atomic E-state index is 12.0. The monoisotopic (exact) mass is 289 g/mol. The van der Waals surface area contributed by atoms with Crippen molar-refractivity contribution in [3.63, 3.8) is 0 Å². The van der Waals surface area contributed by atoms with Crippen molar-refractivity contribution in [3.8, 4) is 0 Å². The minimum atomic E-state index is -0.0777. The Morgan fingerprint density at radius 3 is 2.57 bits per heavy atom. The second-order valence-electron chi connectivity index (χ2n) is 6.75. The van der Waals surface area contributed by atoms with E-state index < -0.39 is 0 Å². The fourth-order valence-corrected chi connectivity index (χ4v) is 2.71. The first-order valence-corrected chi connectivity index (χ1v) is 7.67. The summed E-state index contributed by atoms with van der Waals surface area (Å²) >= 11 is 0. The van der Waals surface area contributed by atoms with Crippen molar-refractivity contribution in [2.75, 3.05) is 26.7 Å². The van der Waals surface area contributed by atoms with Crippen LogP contribution >= 0.6 is 0 Å². The molecular weight excluding hydrogens is 262 g/mol. The molecule has 0 bridgehead atoms. The van der Waals surface area contributed by atoms with Crippen LogP contribution in [-0.4, -0.2) is 43.5 Å². The second kappa shape index (κ2) is 6.58. The first-order chi connectivity index (χ1) is 9.91. The summed E-state index contributed by atoms with van der Waals surface area (Å²) in [7, 11) is 1.70. The van der Waals surface area contributed by atoms with Gasteiger partial charge in [0.2, 0.25) is 5.91 Å². The Kier molecular flexibility index (Phi) is 5.01. The van der Waals surface area contributed by atoms with Crippen LogP contribution in [0.5, 0.6) is 0 Å². The number of hydrogen-bond acceptors (Lipinski definition) is 3. The number of carbonyl (C=O) groups excluding carboxylic acids is 1. The number of piperazine rings is 1. The van der Waals surface area contributed by atoms with Gasteiger partial charge in [-0.1, -0.05) is 45.0 Å². The minimum absolute atomic E-state index is 0.0777. The SMILES string of the molecule is CNC(=O)C1CNCCN1Cc1ccc(C(C)(C)C)cc1. The predicted octanol–water partition coefficient (Wildman–Crippen LogP) is 1.50. The van der Waals surface area contributed by atoms with Gasteiger partial charge in [-0.15, -0.1) is 0 Å². The lowest BCUT2D eigenvalue weighted by Gasteiger charge is -2.35. The van der Waals surface area contributed by atoms with Crippen molar-refractivity contribution >= 4 is 5.91 Å². The standard InChI is InChI=1S/C17H27N3O/c1-17(2,3)14-7-5-13(6-8-14)12-20-10-9-19-11-15(20)16(21)18-4/h5-8,15,19H,9-12H2,1-4H3,(H,18,21). The van der Waals surface area contributed by atoms with E-state index in [-0.39, 0.29) is 17.4 Å². The van der Waals surface area contributed by atoms with Crippen LogP contribution in [0.2, 0.25) is 0 Å². The Hall–Kier alpha value is -1.39. The van der Waals surface area contributed by atoms with E-state index >= 15 is 0 Å². The van der Waals surface area contributed by atoms with E-state index in [1.165, 1.54) is 11.1 Å². The van der Waals surface area contributed by atoms with Crippen LogP contribution in [0.15, 0.2) is 24.3 Å². The number of hydrogen-bond donors (Lipinski definition) is 2. The fourth-order valence-electron chi connectivity index (χ4n) is 2.71. The quantitative estimate of drug-likeness (QED) is 0.886. The summed E-state index contributed by atoms with van der Waals surface area (Å²) in [4.78, 5) is 14.2. The number of carbonyl (C=O) groups is 1. The summed E-state index contributed by atoms with van der Waals surface area (Å²) in [5.74, 6) is 0.0912. The Balaban J connectivity index is 2.07. The molecule has 1 unspecified atom stereocenters. The van der Waals surface area contributed by atoms with E-state index in [1.54, 1.807) is 7.05 Å². The van der Waals surface area contributed by atoms with Gasteiger partial charge in [-0.2, -0.15) is 0 Å². The molecule has 0 saturated carbocycles. The molecular formula is C17H27N3O. The molecule has 1 aromatic carbocycles. The molecule has 1 aliphatic heterocycles. The number of nitrogens with one attached hydrogen (secondary N) is 2. The number of benzene rings is 1. The molecule has 4 heteroatoms. The van der Waals surface area contributed by atoms with Crippen molar-refractivity contribution in [1.29, 1.82) is 0 Å². The van der Waals surface area contributed by atoms with Gasteiger partial charge >= 0.3 is 0 Å². The molecule has 1 amide bonds. The van der Waals surface area contributed by atoms with E-state index in [9.17, 15) is 4.79 Å². The maximum Gasteiger partial charge on any atom is 0.238 e. The van der Waals surface area contributed by atoms with Gasteiger partial charge in [-0.3, -0.25) is 9.69 Å². The molecule has 0 aliphatic carbocycles. The zero-order valence-corrected chi connectivity index (χ0v) is 13.6. The zero-order valence-electron chi connectivity index (χ0n) is 13.6. The lowest BCUT2D eigenvalue weighted by molar-refractivity contribution is -0.126. The summed E-state index contributed by atoms with van der Waals surface area (Å²) in [6.45, 7) is 10.1. The highest BCUT2D eigenvalue weighted by Crippen LogP contribution is 2.22. The smallest absolute Gasteiger partial charge is 0.238 e. The van der Waals surface area contributed by atoms with E-state index in [2.05, 4.69) is 60.6 Å². The fraction of sp³-hybridized carbons (Fsp3) is 0.588. The molecule has 2 N–H and O–H groups in total. The van der Waals surface area contributed by atoms with Gasteiger partial charge in [0.05, 0.1) is 0 Å². The van der Waals surface area contributed by atoms with Gasteiger partial charge in [-0.25, -0.2) is 0 Å². The number of likely N-dealkylation sites (N-methyl/N-ethyl adjacent to an activating group) is 1. The third-order valence-corrected chi connectivity index (χ3v) is 4.11. The number of amides is 1. The Bertz CT molecular complexity index is 476. The first kappa shape index (κ1) is 16.0. The number of rotatable bonds is 3. The molecule has 1 aliphatic rings. The summed E-state index contributed by atoms with van der Waals surface area (Å²) in [6, 6.07) is 8.69. The highest BCUT2D eigenvalue weighted by Gasteiger charge is 2.27. The summed E-state index contributed by atoms with van der Waals surface area (Å²) in [5.41, 5.74) is 2.78. The molecule has 1 fully saturated rings. The molecule has 116 valence electrons. The topological polar surface area (TPSA) is 44.4 Å². The van der Waals surface area contributed by atoms with Gasteiger partial charge in [0.25, 0.3) is 0 Å². The van der Waals surface area contributed by atoms with Crippen LogP contribution < -0.4 is 10.6 Å². The van der Waals surface area contributed by atoms with Crippen molar-refractivity contribution < 1.29 is 4.79 Å². The lowest BCUT2D eigenvalue weighted by Crippen LogP contribution is -2.56. The molecule has 1 atom stereocenters. The first-order valence-electron chi connectivity index (χ1n) is 7.67. The average molecular weight is 289 g/mol. The Labute approximate surface area is 127 Å². The van der Waals surface area contributed by atoms with E-state index in [0.717, 1.165) is 26.2 Å². The van der Waals surface area contributed by atoms with Gasteiger partial charge in [0.1, 0.15) is 6.04 Å². The van der Waals surface area contributed by atoms with Crippen LogP contribution in [0, 0.1) is 0 Å². The maximum absolute atomic E-state index is 12.0. The van der Waals surface area contributed by atoms with Crippen LogP contribution in [0.3, 0.4) is 0 Å². The van der Waals surface area contributed by atoms with Gasteiger partial charge in [0, 0.05) is 33.2 Å².